The lowest BCUT2D eigenvalue weighted by molar-refractivity contribution is -0.141. The molecule has 1 heterocycles. The topological polar surface area (TPSA) is 54.2 Å². The molecular formula is C13H21F3N4. The molecule has 7 heteroatoms. The van der Waals surface area contributed by atoms with E-state index in [9.17, 15) is 13.2 Å². The Kier molecular flexibility index (Phi) is 4.86. The number of nitrogens with one attached hydrogen (secondary N) is 1. The molecule has 0 unspecified atom stereocenters. The lowest BCUT2D eigenvalue weighted by atomic mass is 9.93. The number of rotatable bonds is 5. The molecule has 4 nitrogen and oxygen atoms in total. The van der Waals surface area contributed by atoms with Crippen molar-refractivity contribution in [2.45, 2.75) is 20.0 Å². The lowest BCUT2D eigenvalue weighted by Crippen LogP contribution is -2.34. The third kappa shape index (κ3) is 4.88. The summed E-state index contributed by atoms with van der Waals surface area (Å²) in [4.78, 5) is 5.33. The Hall–Kier alpha value is -1.50. The Morgan fingerprint density at radius 3 is 2.40 bits per heavy atom. The maximum absolute atomic E-state index is 12.6. The highest BCUT2D eigenvalue weighted by atomic mass is 19.4. The van der Waals surface area contributed by atoms with Crippen molar-refractivity contribution in [2.24, 2.45) is 5.41 Å². The molecule has 0 aliphatic heterocycles. The van der Waals surface area contributed by atoms with Gasteiger partial charge >= 0.3 is 6.18 Å². The molecule has 0 saturated carbocycles. The fraction of sp³-hybridized carbons (Fsp3) is 0.615. The number of nitrogen functional groups attached to an aromatic ring is 1. The Morgan fingerprint density at radius 2 is 1.90 bits per heavy atom. The highest BCUT2D eigenvalue weighted by Gasteiger charge is 2.33. The van der Waals surface area contributed by atoms with Crippen LogP contribution in [-0.2, 0) is 6.18 Å². The first-order valence-electron chi connectivity index (χ1n) is 6.22. The first kappa shape index (κ1) is 16.6. The normalized spacial score (nSPS) is 12.8. The summed E-state index contributed by atoms with van der Waals surface area (Å²) in [5, 5.41) is 2.98. The minimum atomic E-state index is -4.47. The summed E-state index contributed by atoms with van der Waals surface area (Å²) in [6.45, 7) is 5.37. The van der Waals surface area contributed by atoms with Gasteiger partial charge in [-0.15, -0.1) is 0 Å². The fourth-order valence-corrected chi connectivity index (χ4v) is 2.02. The molecule has 0 spiro atoms. The molecule has 0 radical (unpaired) electrons. The maximum Gasteiger partial charge on any atom is 0.433 e. The van der Waals surface area contributed by atoms with Crippen LogP contribution in [0.5, 0.6) is 0 Å². The van der Waals surface area contributed by atoms with E-state index in [1.807, 2.05) is 32.8 Å². The standard InChI is InChI=1S/C13H21F3N4/c1-12(2,8-20(3)4)7-19-10-5-11(13(14,15)16)18-6-9(10)17/h5-6H,7-8,17H2,1-4H3,(H,18,19). The van der Waals surface area contributed by atoms with E-state index < -0.39 is 11.9 Å². The minimum Gasteiger partial charge on any atom is -0.396 e. The molecule has 0 aliphatic rings. The Morgan fingerprint density at radius 1 is 1.30 bits per heavy atom. The zero-order chi connectivity index (χ0) is 15.6. The van der Waals surface area contributed by atoms with Gasteiger partial charge in [-0.3, -0.25) is 0 Å². The van der Waals surface area contributed by atoms with Gasteiger partial charge in [-0.2, -0.15) is 13.2 Å². The minimum absolute atomic E-state index is 0.0996. The van der Waals surface area contributed by atoms with E-state index >= 15 is 0 Å². The van der Waals surface area contributed by atoms with Crippen LogP contribution in [0.15, 0.2) is 12.3 Å². The van der Waals surface area contributed by atoms with Crippen molar-refractivity contribution in [1.29, 1.82) is 0 Å². The molecule has 3 N–H and O–H groups in total. The molecule has 0 aromatic carbocycles. The van der Waals surface area contributed by atoms with Gasteiger partial charge in [0.25, 0.3) is 0 Å². The van der Waals surface area contributed by atoms with Crippen molar-refractivity contribution in [3.8, 4) is 0 Å². The van der Waals surface area contributed by atoms with Gasteiger partial charge in [0.2, 0.25) is 0 Å². The number of hydrogen-bond acceptors (Lipinski definition) is 4. The molecule has 0 aliphatic carbocycles. The third-order valence-corrected chi connectivity index (χ3v) is 2.73. The SMILES string of the molecule is CN(C)CC(C)(C)CNc1cc(C(F)(F)F)ncc1N. The number of alkyl halides is 3. The van der Waals surface area contributed by atoms with Gasteiger partial charge in [-0.05, 0) is 25.6 Å². The predicted molar refractivity (Wildman–Crippen MR) is 74.5 cm³/mol. The number of aromatic nitrogens is 1. The van der Waals surface area contributed by atoms with E-state index in [1.54, 1.807) is 0 Å². The molecule has 0 saturated heterocycles. The average molecular weight is 290 g/mol. The van der Waals surface area contributed by atoms with Crippen molar-refractivity contribution < 1.29 is 13.2 Å². The van der Waals surface area contributed by atoms with E-state index in [2.05, 4.69) is 10.3 Å². The van der Waals surface area contributed by atoms with E-state index in [1.165, 1.54) is 0 Å². The summed E-state index contributed by atoms with van der Waals surface area (Å²) in [7, 11) is 3.90. The van der Waals surface area contributed by atoms with Gasteiger partial charge in [-0.25, -0.2) is 4.98 Å². The van der Waals surface area contributed by atoms with Gasteiger partial charge in [0, 0.05) is 13.1 Å². The van der Waals surface area contributed by atoms with Crippen LogP contribution < -0.4 is 11.1 Å². The van der Waals surface area contributed by atoms with Crippen LogP contribution in [0.2, 0.25) is 0 Å². The third-order valence-electron chi connectivity index (χ3n) is 2.73. The Bertz CT molecular complexity index is 455. The van der Waals surface area contributed by atoms with Gasteiger partial charge < -0.3 is 16.0 Å². The van der Waals surface area contributed by atoms with Crippen LogP contribution >= 0.6 is 0 Å². The van der Waals surface area contributed by atoms with E-state index in [0.717, 1.165) is 18.8 Å². The average Bonchev–Trinajstić information content (AvgIpc) is 2.24. The van der Waals surface area contributed by atoms with Crippen molar-refractivity contribution in [1.82, 2.24) is 9.88 Å². The number of nitrogens with zero attached hydrogens (tertiary/aromatic N) is 2. The van der Waals surface area contributed by atoms with Gasteiger partial charge in [-0.1, -0.05) is 13.8 Å². The van der Waals surface area contributed by atoms with Crippen LogP contribution in [0, 0.1) is 5.41 Å². The van der Waals surface area contributed by atoms with Crippen LogP contribution in [0.25, 0.3) is 0 Å². The first-order valence-corrected chi connectivity index (χ1v) is 6.22. The summed E-state index contributed by atoms with van der Waals surface area (Å²) >= 11 is 0. The number of anilines is 2. The number of hydrogen-bond donors (Lipinski definition) is 2. The first-order chi connectivity index (χ1) is 9.01. The fourth-order valence-electron chi connectivity index (χ4n) is 2.02. The van der Waals surface area contributed by atoms with E-state index in [-0.39, 0.29) is 16.8 Å². The quantitative estimate of drug-likeness (QED) is 0.875. The molecule has 0 fully saturated rings. The lowest BCUT2D eigenvalue weighted by Gasteiger charge is -2.29. The van der Waals surface area contributed by atoms with Crippen LogP contribution in [-0.4, -0.2) is 37.1 Å². The smallest absolute Gasteiger partial charge is 0.396 e. The van der Waals surface area contributed by atoms with E-state index in [4.69, 9.17) is 5.73 Å². The van der Waals surface area contributed by atoms with Crippen molar-refractivity contribution in [3.63, 3.8) is 0 Å². The number of halogens is 3. The highest BCUT2D eigenvalue weighted by Crippen LogP contribution is 2.31. The second-order valence-corrected chi connectivity index (χ2v) is 5.91. The molecule has 0 bridgehead atoms. The van der Waals surface area contributed by atoms with Gasteiger partial charge in [0.1, 0.15) is 5.69 Å². The molecule has 1 rings (SSSR count). The largest absolute Gasteiger partial charge is 0.433 e. The van der Waals surface area contributed by atoms with Gasteiger partial charge in [0.15, 0.2) is 0 Å². The molecule has 1 aromatic rings. The monoisotopic (exact) mass is 290 g/mol. The Labute approximate surface area is 117 Å². The van der Waals surface area contributed by atoms with Crippen LogP contribution in [0.3, 0.4) is 0 Å². The van der Waals surface area contributed by atoms with Gasteiger partial charge in [0.05, 0.1) is 17.6 Å². The number of nitrogens with two attached hydrogens (primary N) is 1. The van der Waals surface area contributed by atoms with Crippen LogP contribution in [0.1, 0.15) is 19.5 Å². The maximum atomic E-state index is 12.6. The highest BCUT2D eigenvalue weighted by molar-refractivity contribution is 5.65. The second kappa shape index (κ2) is 5.87. The number of pyridine rings is 1. The van der Waals surface area contributed by atoms with Crippen molar-refractivity contribution >= 4 is 11.4 Å². The molecule has 0 amide bonds. The zero-order valence-corrected chi connectivity index (χ0v) is 12.2. The summed E-state index contributed by atoms with van der Waals surface area (Å²) in [6, 6.07) is 0.946. The van der Waals surface area contributed by atoms with Crippen molar-refractivity contribution in [2.75, 3.05) is 38.2 Å². The molecule has 0 atom stereocenters. The van der Waals surface area contributed by atoms with Crippen molar-refractivity contribution in [3.05, 3.63) is 18.0 Å². The summed E-state index contributed by atoms with van der Waals surface area (Å²) in [6.07, 6.45) is -3.44. The van der Waals surface area contributed by atoms with E-state index in [0.29, 0.717) is 6.54 Å². The molecule has 1 aromatic heterocycles. The Balaban J connectivity index is 2.82. The van der Waals surface area contributed by atoms with Crippen LogP contribution in [0.4, 0.5) is 24.5 Å². The summed E-state index contributed by atoms with van der Waals surface area (Å²) in [5.41, 5.74) is 5.09. The molecule has 20 heavy (non-hydrogen) atoms. The summed E-state index contributed by atoms with van der Waals surface area (Å²) < 4.78 is 37.8. The summed E-state index contributed by atoms with van der Waals surface area (Å²) in [5.74, 6) is 0. The molecular weight excluding hydrogens is 269 g/mol. The second-order valence-electron chi connectivity index (χ2n) is 5.91. The predicted octanol–water partition coefficient (Wildman–Crippen LogP) is 2.68. The molecule has 114 valence electrons. The zero-order valence-electron chi connectivity index (χ0n) is 12.2.